The molecule has 9 rings (SSSR count). The highest BCUT2D eigenvalue weighted by atomic mass is 32.2. The van der Waals surface area contributed by atoms with E-state index in [-0.39, 0.29) is 50.3 Å². The van der Waals surface area contributed by atoms with Crippen molar-refractivity contribution in [3.63, 3.8) is 0 Å². The van der Waals surface area contributed by atoms with Crippen LogP contribution >= 0.6 is 0 Å². The molecule has 0 atom stereocenters. The van der Waals surface area contributed by atoms with Crippen molar-refractivity contribution >= 4 is 119 Å². The first kappa shape index (κ1) is 45.1. The minimum Gasteiger partial charge on any atom is -0.505 e. The number of rotatable bonds is 12. The number of fused-ring (bicyclic) bond motifs is 4. The third kappa shape index (κ3) is 9.20. The fourth-order valence-corrected chi connectivity index (χ4v) is 9.44. The Kier molecular flexibility index (Phi) is 11.7. The summed E-state index contributed by atoms with van der Waals surface area (Å²) in [6.45, 7) is 0. The summed E-state index contributed by atoms with van der Waals surface area (Å²) in [6, 6.07) is 39.1. The standard InChI is InChI=1S/C47H33N7O11S3/c1-65-31-13-10-28(11-14-31)48-29-12-16-33-27(23-29)9-18-44(47(33)55)54-53-43-22-21-42(36-17-15-32(26-38(36)43)66(56,57)58)52-51-41-20-19-40(34-5-2-3-6-35(34)41)50-49-30-24-39-37(46(25-30)68(62,63)64)7-4-8-45(39)67(59,60)61/h2-26,48,55H,1H3,(H,56,57,58)(H,59,60,61)(H,62,63,64). The van der Waals surface area contributed by atoms with Crippen LogP contribution in [0.15, 0.2) is 197 Å². The van der Waals surface area contributed by atoms with Gasteiger partial charge < -0.3 is 15.2 Å². The quantitative estimate of drug-likeness (QED) is 0.0564. The van der Waals surface area contributed by atoms with Crippen LogP contribution in [0.3, 0.4) is 0 Å². The van der Waals surface area contributed by atoms with Crippen LogP contribution < -0.4 is 10.1 Å². The van der Waals surface area contributed by atoms with Crippen molar-refractivity contribution < 1.29 is 48.8 Å². The van der Waals surface area contributed by atoms with Gasteiger partial charge in [0.2, 0.25) is 0 Å². The van der Waals surface area contributed by atoms with Crippen molar-refractivity contribution in [3.8, 4) is 11.5 Å². The van der Waals surface area contributed by atoms with Crippen molar-refractivity contribution in [2.24, 2.45) is 30.7 Å². The molecular formula is C47H33N7O11S3. The summed E-state index contributed by atoms with van der Waals surface area (Å²) in [5, 5.41) is 43.3. The van der Waals surface area contributed by atoms with E-state index in [0.717, 1.165) is 34.6 Å². The molecule has 9 aromatic carbocycles. The molecule has 0 saturated heterocycles. The lowest BCUT2D eigenvalue weighted by atomic mass is 10.1. The summed E-state index contributed by atoms with van der Waals surface area (Å²) in [5.41, 5.74) is 2.75. The van der Waals surface area contributed by atoms with Gasteiger partial charge in [-0.05, 0) is 109 Å². The lowest BCUT2D eigenvalue weighted by molar-refractivity contribution is 0.415. The Morgan fingerprint density at radius 2 is 0.956 bits per heavy atom. The van der Waals surface area contributed by atoms with Gasteiger partial charge in [-0.3, -0.25) is 13.7 Å². The molecule has 340 valence electrons. The summed E-state index contributed by atoms with van der Waals surface area (Å²) in [6.07, 6.45) is 0. The predicted octanol–water partition coefficient (Wildman–Crippen LogP) is 12.7. The van der Waals surface area contributed by atoms with Gasteiger partial charge in [0.25, 0.3) is 30.4 Å². The molecule has 0 amide bonds. The number of aromatic hydroxyl groups is 1. The lowest BCUT2D eigenvalue weighted by Crippen LogP contribution is -2.03. The van der Waals surface area contributed by atoms with E-state index < -0.39 is 45.0 Å². The Bertz CT molecular complexity index is 3980. The summed E-state index contributed by atoms with van der Waals surface area (Å²) >= 11 is 0. The maximum absolute atomic E-state index is 12.3. The zero-order valence-electron chi connectivity index (χ0n) is 35.0. The molecule has 0 aliphatic rings. The normalized spacial score (nSPS) is 12.6. The molecular weight excluding hydrogens is 935 g/mol. The fourth-order valence-electron chi connectivity index (χ4n) is 7.51. The Labute approximate surface area is 386 Å². The van der Waals surface area contributed by atoms with Gasteiger partial charge in [-0.1, -0.05) is 48.5 Å². The van der Waals surface area contributed by atoms with Gasteiger partial charge in [-0.25, -0.2) is 0 Å². The van der Waals surface area contributed by atoms with Gasteiger partial charge in [0, 0.05) is 49.1 Å². The van der Waals surface area contributed by atoms with Crippen molar-refractivity contribution in [1.82, 2.24) is 0 Å². The number of nitrogens with one attached hydrogen (secondary N) is 1. The molecule has 21 heteroatoms. The first-order valence-electron chi connectivity index (χ1n) is 19.9. The van der Waals surface area contributed by atoms with E-state index in [2.05, 4.69) is 36.0 Å². The number of phenols is 1. The van der Waals surface area contributed by atoms with Gasteiger partial charge in [-0.15, -0.1) is 25.6 Å². The number of ether oxygens (including phenoxy) is 1. The third-order valence-corrected chi connectivity index (χ3v) is 13.4. The molecule has 5 N–H and O–H groups in total. The van der Waals surface area contributed by atoms with E-state index in [4.69, 9.17) is 4.74 Å². The molecule has 0 unspecified atom stereocenters. The van der Waals surface area contributed by atoms with Gasteiger partial charge in [0.15, 0.2) is 5.75 Å². The molecule has 0 aliphatic carbocycles. The smallest absolute Gasteiger partial charge is 0.295 e. The summed E-state index contributed by atoms with van der Waals surface area (Å²) < 4.78 is 108. The highest BCUT2D eigenvalue weighted by Gasteiger charge is 2.22. The van der Waals surface area contributed by atoms with Crippen LogP contribution in [-0.4, -0.2) is 51.1 Å². The second-order valence-corrected chi connectivity index (χ2v) is 19.2. The predicted molar refractivity (Wildman–Crippen MR) is 256 cm³/mol. The highest BCUT2D eigenvalue weighted by Crippen LogP contribution is 2.42. The Hall–Kier alpha value is -8.05. The number of anilines is 2. The number of azo groups is 3. The lowest BCUT2D eigenvalue weighted by Gasteiger charge is -2.10. The fraction of sp³-hybridized carbons (Fsp3) is 0.0213. The summed E-state index contributed by atoms with van der Waals surface area (Å²) in [4.78, 5) is -1.65. The number of phenolic OH excluding ortho intramolecular Hbond substituents is 1. The van der Waals surface area contributed by atoms with Crippen molar-refractivity contribution in [2.45, 2.75) is 14.7 Å². The van der Waals surface area contributed by atoms with Crippen LogP contribution in [0.25, 0.3) is 43.1 Å². The molecule has 0 aromatic heterocycles. The molecule has 68 heavy (non-hydrogen) atoms. The molecule has 0 radical (unpaired) electrons. The minimum absolute atomic E-state index is 0.135. The summed E-state index contributed by atoms with van der Waals surface area (Å²) in [7, 11) is -12.8. The van der Waals surface area contributed by atoms with E-state index in [1.807, 2.05) is 30.3 Å². The number of nitrogens with zero attached hydrogens (tertiary/aromatic N) is 6. The second-order valence-electron chi connectivity index (χ2n) is 15.0. The van der Waals surface area contributed by atoms with Crippen LogP contribution in [0.4, 0.5) is 45.5 Å². The summed E-state index contributed by atoms with van der Waals surface area (Å²) in [5.74, 6) is 0.589. The van der Waals surface area contributed by atoms with Gasteiger partial charge >= 0.3 is 0 Å². The molecule has 18 nitrogen and oxygen atoms in total. The topological polar surface area (TPSA) is 279 Å². The van der Waals surface area contributed by atoms with Crippen LogP contribution in [-0.2, 0) is 30.4 Å². The van der Waals surface area contributed by atoms with E-state index >= 15 is 0 Å². The largest absolute Gasteiger partial charge is 0.505 e. The molecule has 0 fully saturated rings. The molecule has 0 heterocycles. The maximum Gasteiger partial charge on any atom is 0.295 e. The van der Waals surface area contributed by atoms with Crippen LogP contribution in [0.5, 0.6) is 11.5 Å². The Morgan fingerprint density at radius 1 is 0.426 bits per heavy atom. The third-order valence-electron chi connectivity index (χ3n) is 10.7. The zero-order valence-corrected chi connectivity index (χ0v) is 37.4. The van der Waals surface area contributed by atoms with E-state index in [0.29, 0.717) is 27.2 Å². The zero-order chi connectivity index (χ0) is 48.0. The van der Waals surface area contributed by atoms with Crippen LogP contribution in [0.2, 0.25) is 0 Å². The minimum atomic E-state index is -4.89. The maximum atomic E-state index is 12.3. The van der Waals surface area contributed by atoms with E-state index in [1.54, 1.807) is 73.8 Å². The monoisotopic (exact) mass is 967 g/mol. The van der Waals surface area contributed by atoms with E-state index in [9.17, 15) is 44.0 Å². The molecule has 0 aliphatic heterocycles. The first-order valence-corrected chi connectivity index (χ1v) is 24.3. The first-order chi connectivity index (χ1) is 32.4. The van der Waals surface area contributed by atoms with Crippen molar-refractivity contribution in [2.75, 3.05) is 12.4 Å². The van der Waals surface area contributed by atoms with Crippen molar-refractivity contribution in [1.29, 1.82) is 0 Å². The van der Waals surface area contributed by atoms with Gasteiger partial charge in [0.05, 0.1) is 40.4 Å². The van der Waals surface area contributed by atoms with Crippen molar-refractivity contribution in [3.05, 3.63) is 152 Å². The molecule has 9 aromatic rings. The van der Waals surface area contributed by atoms with Gasteiger partial charge in [0.1, 0.15) is 21.2 Å². The number of methoxy groups -OCH3 is 1. The van der Waals surface area contributed by atoms with Crippen LogP contribution in [0.1, 0.15) is 0 Å². The number of hydrogen-bond donors (Lipinski definition) is 5. The van der Waals surface area contributed by atoms with Gasteiger partial charge in [-0.2, -0.15) is 30.4 Å². The average Bonchev–Trinajstić information content (AvgIpc) is 3.31. The number of hydrogen-bond acceptors (Lipinski definition) is 15. The molecule has 0 bridgehead atoms. The second kappa shape index (κ2) is 17.6. The molecule has 0 spiro atoms. The van der Waals surface area contributed by atoms with Crippen LogP contribution in [0, 0.1) is 0 Å². The Balaban J connectivity index is 1.03. The number of benzene rings is 9. The SMILES string of the molecule is COc1ccc(Nc2ccc3c(O)c(N=Nc4ccc(N=Nc5ccc(N=Nc6cc(S(=O)(=O)O)c7cccc(S(=O)(=O)O)c7c6)c6ccccc56)c5ccc(S(=O)(=O)O)cc45)ccc3c2)cc1. The average molecular weight is 968 g/mol. The highest BCUT2D eigenvalue weighted by molar-refractivity contribution is 7.86. The Morgan fingerprint density at radius 3 is 1.56 bits per heavy atom. The molecule has 0 saturated carbocycles. The van der Waals surface area contributed by atoms with E-state index in [1.165, 1.54) is 42.5 Å².